The molecule has 1 saturated carbocycles. The van der Waals surface area contributed by atoms with Crippen molar-refractivity contribution < 1.29 is 0 Å². The van der Waals surface area contributed by atoms with Crippen LogP contribution in [0.1, 0.15) is 36.4 Å². The van der Waals surface area contributed by atoms with Crippen LogP contribution < -0.4 is 5.32 Å². The number of nitrogens with zero attached hydrogens (tertiary/aromatic N) is 2. The number of hydrogen-bond acceptors (Lipinski definition) is 4. The zero-order chi connectivity index (χ0) is 12.1. The van der Waals surface area contributed by atoms with Gasteiger partial charge >= 0.3 is 0 Å². The van der Waals surface area contributed by atoms with Gasteiger partial charge in [-0.1, -0.05) is 12.8 Å². The quantitative estimate of drug-likeness (QED) is 0.789. The van der Waals surface area contributed by atoms with Gasteiger partial charge in [-0.2, -0.15) is 0 Å². The van der Waals surface area contributed by atoms with Crippen molar-refractivity contribution in [3.8, 4) is 0 Å². The molecule has 4 heteroatoms. The lowest BCUT2D eigenvalue weighted by molar-refractivity contribution is 0.245. The van der Waals surface area contributed by atoms with Crippen LogP contribution in [-0.2, 0) is 6.54 Å². The van der Waals surface area contributed by atoms with E-state index in [9.17, 15) is 0 Å². The van der Waals surface area contributed by atoms with Crippen LogP contribution in [0, 0.1) is 6.92 Å². The maximum atomic E-state index is 4.45. The van der Waals surface area contributed by atoms with Crippen molar-refractivity contribution in [3.63, 3.8) is 0 Å². The summed E-state index contributed by atoms with van der Waals surface area (Å²) in [4.78, 5) is 6.95. The highest BCUT2D eigenvalue weighted by Crippen LogP contribution is 2.21. The first kappa shape index (κ1) is 13.0. The second-order valence-corrected chi connectivity index (χ2v) is 6.02. The Balaban J connectivity index is 1.59. The Morgan fingerprint density at radius 3 is 2.88 bits per heavy atom. The average Bonchev–Trinajstić information content (AvgIpc) is 2.95. The molecule has 0 bridgehead atoms. The highest BCUT2D eigenvalue weighted by Gasteiger charge is 2.18. The van der Waals surface area contributed by atoms with Gasteiger partial charge < -0.3 is 10.2 Å². The van der Waals surface area contributed by atoms with Gasteiger partial charge in [0, 0.05) is 31.1 Å². The van der Waals surface area contributed by atoms with Crippen molar-refractivity contribution in [2.45, 2.75) is 45.2 Å². The fourth-order valence-electron chi connectivity index (χ4n) is 2.49. The molecule has 0 aliphatic heterocycles. The Morgan fingerprint density at radius 1 is 1.47 bits per heavy atom. The molecule has 0 saturated heterocycles. The largest absolute Gasteiger partial charge is 0.310 e. The van der Waals surface area contributed by atoms with E-state index < -0.39 is 0 Å². The van der Waals surface area contributed by atoms with Crippen LogP contribution >= 0.6 is 11.3 Å². The lowest BCUT2D eigenvalue weighted by Crippen LogP contribution is -2.35. The summed E-state index contributed by atoms with van der Waals surface area (Å²) >= 11 is 1.73. The fourth-order valence-corrected chi connectivity index (χ4v) is 3.10. The Labute approximate surface area is 108 Å². The van der Waals surface area contributed by atoms with Crippen molar-refractivity contribution in [1.29, 1.82) is 0 Å². The van der Waals surface area contributed by atoms with E-state index in [1.54, 1.807) is 11.3 Å². The standard InChI is InChI=1S/C13H23N3S/c1-11-15-12(10-17-11)9-14-7-8-16(2)13-5-3-4-6-13/h10,13-14H,3-9H2,1-2H3. The van der Waals surface area contributed by atoms with Crippen molar-refractivity contribution in [2.75, 3.05) is 20.1 Å². The molecule has 0 unspecified atom stereocenters. The molecule has 1 heterocycles. The topological polar surface area (TPSA) is 28.2 Å². The summed E-state index contributed by atoms with van der Waals surface area (Å²) in [6.07, 6.45) is 5.62. The van der Waals surface area contributed by atoms with Gasteiger partial charge in [0.25, 0.3) is 0 Å². The van der Waals surface area contributed by atoms with Crippen LogP contribution in [0.25, 0.3) is 0 Å². The van der Waals surface area contributed by atoms with E-state index >= 15 is 0 Å². The minimum absolute atomic E-state index is 0.832. The first-order chi connectivity index (χ1) is 8.25. The Hall–Kier alpha value is -0.450. The summed E-state index contributed by atoms with van der Waals surface area (Å²) in [6.45, 7) is 5.17. The van der Waals surface area contributed by atoms with Gasteiger partial charge in [-0.15, -0.1) is 11.3 Å². The van der Waals surface area contributed by atoms with Crippen LogP contribution in [0.5, 0.6) is 0 Å². The Kier molecular flexibility index (Phi) is 4.95. The van der Waals surface area contributed by atoms with E-state index in [-0.39, 0.29) is 0 Å². The summed E-state index contributed by atoms with van der Waals surface area (Å²) < 4.78 is 0. The Morgan fingerprint density at radius 2 is 2.24 bits per heavy atom. The number of aryl methyl sites for hydroxylation is 1. The highest BCUT2D eigenvalue weighted by atomic mass is 32.1. The molecule has 0 amide bonds. The molecule has 0 atom stereocenters. The minimum Gasteiger partial charge on any atom is -0.310 e. The van der Waals surface area contributed by atoms with Crippen molar-refractivity contribution in [1.82, 2.24) is 15.2 Å². The molecule has 0 radical (unpaired) electrons. The average molecular weight is 253 g/mol. The van der Waals surface area contributed by atoms with Gasteiger partial charge in [0.2, 0.25) is 0 Å². The van der Waals surface area contributed by atoms with E-state index in [1.807, 2.05) is 0 Å². The van der Waals surface area contributed by atoms with Gasteiger partial charge in [-0.3, -0.25) is 0 Å². The molecule has 17 heavy (non-hydrogen) atoms. The van der Waals surface area contributed by atoms with E-state index in [0.29, 0.717) is 0 Å². The van der Waals surface area contributed by atoms with E-state index in [4.69, 9.17) is 0 Å². The number of rotatable bonds is 6. The molecule has 96 valence electrons. The molecule has 1 N–H and O–H groups in total. The molecule has 1 aromatic rings. The molecule has 1 aliphatic rings. The van der Waals surface area contributed by atoms with Crippen molar-refractivity contribution in [2.24, 2.45) is 0 Å². The van der Waals surface area contributed by atoms with Gasteiger partial charge in [0.05, 0.1) is 10.7 Å². The fraction of sp³-hybridized carbons (Fsp3) is 0.769. The van der Waals surface area contributed by atoms with Gasteiger partial charge in [-0.25, -0.2) is 4.98 Å². The van der Waals surface area contributed by atoms with E-state index in [1.165, 1.54) is 31.4 Å². The minimum atomic E-state index is 0.832. The first-order valence-electron chi connectivity index (χ1n) is 6.57. The highest BCUT2D eigenvalue weighted by molar-refractivity contribution is 7.09. The first-order valence-corrected chi connectivity index (χ1v) is 7.45. The summed E-state index contributed by atoms with van der Waals surface area (Å²) in [7, 11) is 2.25. The Bertz CT molecular complexity index is 331. The smallest absolute Gasteiger partial charge is 0.0897 e. The second kappa shape index (κ2) is 6.47. The molecular formula is C13H23N3S. The van der Waals surface area contributed by atoms with E-state index in [2.05, 4.69) is 34.6 Å². The van der Waals surface area contributed by atoms with Crippen LogP contribution in [0.3, 0.4) is 0 Å². The number of nitrogens with one attached hydrogen (secondary N) is 1. The molecule has 1 fully saturated rings. The molecule has 3 nitrogen and oxygen atoms in total. The predicted molar refractivity (Wildman–Crippen MR) is 73.4 cm³/mol. The van der Waals surface area contributed by atoms with Gasteiger partial charge in [-0.05, 0) is 26.8 Å². The van der Waals surface area contributed by atoms with Crippen molar-refractivity contribution in [3.05, 3.63) is 16.1 Å². The van der Waals surface area contributed by atoms with Crippen LogP contribution in [0.4, 0.5) is 0 Å². The number of hydrogen-bond donors (Lipinski definition) is 1. The normalized spacial score (nSPS) is 17.1. The zero-order valence-electron chi connectivity index (χ0n) is 10.9. The second-order valence-electron chi connectivity index (χ2n) is 4.95. The summed E-state index contributed by atoms with van der Waals surface area (Å²) in [5.74, 6) is 0. The third kappa shape index (κ3) is 4.05. The SMILES string of the molecule is Cc1nc(CNCCN(C)C2CCCC2)cs1. The maximum absolute atomic E-state index is 4.45. The lowest BCUT2D eigenvalue weighted by Gasteiger charge is -2.23. The monoisotopic (exact) mass is 253 g/mol. The third-order valence-corrected chi connectivity index (χ3v) is 4.38. The van der Waals surface area contributed by atoms with E-state index in [0.717, 1.165) is 30.7 Å². The van der Waals surface area contributed by atoms with Gasteiger partial charge in [0.1, 0.15) is 0 Å². The number of likely N-dealkylation sites (N-methyl/N-ethyl adjacent to an activating group) is 1. The molecule has 1 aromatic heterocycles. The van der Waals surface area contributed by atoms with Crippen LogP contribution in [0.2, 0.25) is 0 Å². The summed E-state index contributed by atoms with van der Waals surface area (Å²) in [6, 6.07) is 0.832. The van der Waals surface area contributed by atoms with Gasteiger partial charge in [0.15, 0.2) is 0 Å². The zero-order valence-corrected chi connectivity index (χ0v) is 11.7. The van der Waals surface area contributed by atoms with Crippen LogP contribution in [0.15, 0.2) is 5.38 Å². The predicted octanol–water partition coefficient (Wildman–Crippen LogP) is 2.42. The number of thiazole rings is 1. The lowest BCUT2D eigenvalue weighted by atomic mass is 10.2. The number of aromatic nitrogens is 1. The van der Waals surface area contributed by atoms with Crippen molar-refractivity contribution >= 4 is 11.3 Å². The molecule has 1 aliphatic carbocycles. The molecular weight excluding hydrogens is 230 g/mol. The summed E-state index contributed by atoms with van der Waals surface area (Å²) in [5.41, 5.74) is 1.18. The maximum Gasteiger partial charge on any atom is 0.0897 e. The van der Waals surface area contributed by atoms with Crippen LogP contribution in [-0.4, -0.2) is 36.1 Å². The molecule has 0 aromatic carbocycles. The summed E-state index contributed by atoms with van der Waals surface area (Å²) in [5, 5.41) is 6.77. The molecule has 0 spiro atoms. The third-order valence-electron chi connectivity index (χ3n) is 3.56. The molecule has 2 rings (SSSR count).